The molecule has 0 aliphatic carbocycles. The fourth-order valence-electron chi connectivity index (χ4n) is 2.82. The molecule has 2 aromatic rings. The van der Waals surface area contributed by atoms with E-state index >= 15 is 0 Å². The van der Waals surface area contributed by atoms with Crippen LogP contribution in [0.5, 0.6) is 11.5 Å². The van der Waals surface area contributed by atoms with Crippen molar-refractivity contribution >= 4 is 46.3 Å². The molecule has 8 nitrogen and oxygen atoms in total. The van der Waals surface area contributed by atoms with Crippen molar-refractivity contribution in [2.45, 2.75) is 13.5 Å². The van der Waals surface area contributed by atoms with E-state index in [1.165, 1.54) is 18.2 Å². The molecular weight excluding hydrogens is 456 g/mol. The highest BCUT2D eigenvalue weighted by molar-refractivity contribution is 8.18. The number of nitro benzene ring substituents is 1. The smallest absolute Gasteiger partial charge is 0.294 e. The van der Waals surface area contributed by atoms with E-state index in [-0.39, 0.29) is 28.8 Å². The van der Waals surface area contributed by atoms with E-state index in [4.69, 9.17) is 27.5 Å². The number of thioether (sulfide) groups is 1. The van der Waals surface area contributed by atoms with Crippen LogP contribution in [0.2, 0.25) is 5.02 Å². The Morgan fingerprint density at radius 3 is 2.59 bits per heavy atom. The molecule has 0 atom stereocenters. The van der Waals surface area contributed by atoms with Crippen LogP contribution < -0.4 is 9.47 Å². The number of rotatable bonds is 8. The van der Waals surface area contributed by atoms with Gasteiger partial charge in [0.05, 0.1) is 28.0 Å². The molecule has 0 saturated carbocycles. The normalized spacial score (nSPS) is 14.5. The maximum atomic E-state index is 12.4. The molecule has 0 radical (unpaired) electrons. The molecule has 0 spiro atoms. The van der Waals surface area contributed by atoms with Crippen LogP contribution in [0.4, 0.5) is 10.5 Å². The topological polar surface area (TPSA) is 99.0 Å². The lowest BCUT2D eigenvalue weighted by Crippen LogP contribution is -2.28. The van der Waals surface area contributed by atoms with Crippen molar-refractivity contribution in [2.75, 3.05) is 13.2 Å². The summed E-state index contributed by atoms with van der Waals surface area (Å²) in [5.41, 5.74) is 1.24. The summed E-state index contributed by atoms with van der Waals surface area (Å²) >= 11 is 7.21. The van der Waals surface area contributed by atoms with Gasteiger partial charge in [-0.2, -0.15) is 0 Å². The van der Waals surface area contributed by atoms with Gasteiger partial charge >= 0.3 is 0 Å². The molecule has 2 aromatic carbocycles. The second-order valence-electron chi connectivity index (χ2n) is 6.45. The van der Waals surface area contributed by atoms with Gasteiger partial charge in [0.1, 0.15) is 6.61 Å². The number of nitro groups is 1. The van der Waals surface area contributed by atoms with Gasteiger partial charge in [-0.25, -0.2) is 0 Å². The van der Waals surface area contributed by atoms with E-state index < -0.39 is 16.1 Å². The molecule has 0 unspecified atom stereocenters. The molecule has 3 rings (SSSR count). The predicted octanol–water partition coefficient (Wildman–Crippen LogP) is 4.90. The lowest BCUT2D eigenvalue weighted by molar-refractivity contribution is -0.384. The van der Waals surface area contributed by atoms with Gasteiger partial charge < -0.3 is 9.47 Å². The van der Waals surface area contributed by atoms with Gasteiger partial charge in [-0.15, -0.1) is 6.42 Å². The molecule has 1 heterocycles. The van der Waals surface area contributed by atoms with Crippen molar-refractivity contribution in [3.8, 4) is 23.8 Å². The Bertz CT molecular complexity index is 1140. The summed E-state index contributed by atoms with van der Waals surface area (Å²) in [5.74, 6) is 2.47. The summed E-state index contributed by atoms with van der Waals surface area (Å²) in [6.07, 6.45) is 6.75. The van der Waals surface area contributed by atoms with Crippen molar-refractivity contribution in [3.63, 3.8) is 0 Å². The molecule has 1 fully saturated rings. The minimum atomic E-state index is -0.478. The summed E-state index contributed by atoms with van der Waals surface area (Å²) in [7, 11) is 0. The number of hydrogen-bond donors (Lipinski definition) is 0. The molecular formula is C22H17ClN2O6S. The van der Waals surface area contributed by atoms with Crippen molar-refractivity contribution in [1.29, 1.82) is 0 Å². The largest absolute Gasteiger partial charge is 0.490 e. The van der Waals surface area contributed by atoms with Gasteiger partial charge in [0, 0.05) is 12.1 Å². The Morgan fingerprint density at radius 1 is 1.25 bits per heavy atom. The van der Waals surface area contributed by atoms with E-state index in [1.807, 2.05) is 0 Å². The number of carbonyl (C=O) groups is 2. The van der Waals surface area contributed by atoms with Crippen LogP contribution in [-0.2, 0) is 11.4 Å². The van der Waals surface area contributed by atoms with Crippen molar-refractivity contribution in [3.05, 3.63) is 67.6 Å². The number of terminal acetylenes is 1. The van der Waals surface area contributed by atoms with Crippen molar-refractivity contribution in [2.24, 2.45) is 0 Å². The Morgan fingerprint density at radius 2 is 1.97 bits per heavy atom. The Labute approximate surface area is 193 Å². The quantitative estimate of drug-likeness (QED) is 0.233. The standard InChI is InChI=1S/C22H17ClN2O6S/c1-3-9-24-21(26)19(32-22(24)27)12-15-10-17(23)20(18(11-15)30-4-2)31-13-14-5-7-16(8-6-14)25(28)29/h1,5-8,10-12H,4,9,13H2,2H3. The Hall–Kier alpha value is -3.48. The van der Waals surface area contributed by atoms with Gasteiger partial charge in [0.25, 0.3) is 16.8 Å². The lowest BCUT2D eigenvalue weighted by atomic mass is 10.1. The van der Waals surface area contributed by atoms with Crippen LogP contribution in [0.15, 0.2) is 41.3 Å². The molecule has 2 amide bonds. The summed E-state index contributed by atoms with van der Waals surface area (Å²) in [6, 6.07) is 9.19. The Kier molecular flexibility index (Phi) is 7.41. The molecule has 10 heteroatoms. The first-order chi connectivity index (χ1) is 15.3. The minimum Gasteiger partial charge on any atom is -0.490 e. The number of imide groups is 1. The molecule has 0 aromatic heterocycles. The van der Waals surface area contributed by atoms with Gasteiger partial charge in [-0.1, -0.05) is 17.5 Å². The average molecular weight is 473 g/mol. The van der Waals surface area contributed by atoms with Crippen LogP contribution >= 0.6 is 23.4 Å². The Balaban J connectivity index is 1.83. The summed E-state index contributed by atoms with van der Waals surface area (Å²) < 4.78 is 11.5. The number of non-ortho nitro benzene ring substituents is 1. The molecule has 0 bridgehead atoms. The highest BCUT2D eigenvalue weighted by Crippen LogP contribution is 2.39. The number of ether oxygens (including phenoxy) is 2. The van der Waals surface area contributed by atoms with Crippen LogP contribution in [0.25, 0.3) is 6.08 Å². The molecule has 164 valence electrons. The highest BCUT2D eigenvalue weighted by atomic mass is 35.5. The maximum Gasteiger partial charge on any atom is 0.294 e. The first-order valence-electron chi connectivity index (χ1n) is 9.35. The third-order valence-electron chi connectivity index (χ3n) is 4.28. The monoisotopic (exact) mass is 472 g/mol. The van der Waals surface area contributed by atoms with Crippen LogP contribution in [0, 0.1) is 22.5 Å². The van der Waals surface area contributed by atoms with Gasteiger partial charge in [-0.05, 0) is 60.2 Å². The van der Waals surface area contributed by atoms with E-state index in [0.29, 0.717) is 29.2 Å². The van der Waals surface area contributed by atoms with Crippen molar-refractivity contribution < 1.29 is 24.0 Å². The zero-order chi connectivity index (χ0) is 23.3. The third kappa shape index (κ3) is 5.22. The van der Waals surface area contributed by atoms with Crippen LogP contribution in [0.3, 0.4) is 0 Å². The highest BCUT2D eigenvalue weighted by Gasteiger charge is 2.34. The maximum absolute atomic E-state index is 12.4. The lowest BCUT2D eigenvalue weighted by Gasteiger charge is -2.15. The fraction of sp³-hybridized carbons (Fsp3) is 0.182. The second kappa shape index (κ2) is 10.2. The number of nitrogens with zero attached hydrogens (tertiary/aromatic N) is 2. The second-order valence-corrected chi connectivity index (χ2v) is 7.85. The van der Waals surface area contributed by atoms with Gasteiger partial charge in [0.2, 0.25) is 0 Å². The van der Waals surface area contributed by atoms with E-state index in [0.717, 1.165) is 16.7 Å². The molecule has 1 aliphatic heterocycles. The molecule has 1 aliphatic rings. The molecule has 1 saturated heterocycles. The van der Waals surface area contributed by atoms with E-state index in [2.05, 4.69) is 5.92 Å². The predicted molar refractivity (Wildman–Crippen MR) is 122 cm³/mol. The zero-order valence-electron chi connectivity index (χ0n) is 16.9. The van der Waals surface area contributed by atoms with Gasteiger partial charge in [-0.3, -0.25) is 24.6 Å². The molecule has 32 heavy (non-hydrogen) atoms. The van der Waals surface area contributed by atoms with Crippen molar-refractivity contribution in [1.82, 2.24) is 4.90 Å². The van der Waals surface area contributed by atoms with Crippen LogP contribution in [0.1, 0.15) is 18.1 Å². The number of amides is 2. The van der Waals surface area contributed by atoms with E-state index in [9.17, 15) is 19.7 Å². The number of halogens is 1. The number of hydrogen-bond acceptors (Lipinski definition) is 7. The first kappa shape index (κ1) is 23.2. The summed E-state index contributed by atoms with van der Waals surface area (Å²) in [6.45, 7) is 2.16. The third-order valence-corrected chi connectivity index (χ3v) is 5.47. The van der Waals surface area contributed by atoms with Crippen LogP contribution in [-0.4, -0.2) is 34.1 Å². The fourth-order valence-corrected chi connectivity index (χ4v) is 3.93. The minimum absolute atomic E-state index is 0.0159. The zero-order valence-corrected chi connectivity index (χ0v) is 18.4. The average Bonchev–Trinajstić information content (AvgIpc) is 3.01. The first-order valence-corrected chi connectivity index (χ1v) is 10.5. The van der Waals surface area contributed by atoms with E-state index in [1.54, 1.807) is 31.2 Å². The number of carbonyl (C=O) groups excluding carboxylic acids is 2. The summed E-state index contributed by atoms with van der Waals surface area (Å²) in [4.78, 5) is 35.9. The molecule has 0 N–H and O–H groups in total. The van der Waals surface area contributed by atoms with Gasteiger partial charge in [0.15, 0.2) is 11.5 Å². The SMILES string of the molecule is C#CCN1C(=O)SC(=Cc2cc(Cl)c(OCc3ccc([N+](=O)[O-])cc3)c(OCC)c2)C1=O. The summed E-state index contributed by atoms with van der Waals surface area (Å²) in [5, 5.41) is 10.6. The number of benzene rings is 2.